The van der Waals surface area contributed by atoms with Gasteiger partial charge in [-0.05, 0) is 42.9 Å². The van der Waals surface area contributed by atoms with Gasteiger partial charge in [0.05, 0.1) is 5.25 Å². The van der Waals surface area contributed by atoms with Crippen molar-refractivity contribution in [3.63, 3.8) is 0 Å². The molecule has 0 aromatic heterocycles. The first-order chi connectivity index (χ1) is 10.1. The van der Waals surface area contributed by atoms with Gasteiger partial charge in [-0.2, -0.15) is 0 Å². The molecule has 0 bridgehead atoms. The largest absolute Gasteiger partial charge is 0.309 e. The minimum atomic E-state index is -0.775. The smallest absolute Gasteiger partial charge is 0.0551 e. The summed E-state index contributed by atoms with van der Waals surface area (Å²) in [5.74, 6) is 0.499. The van der Waals surface area contributed by atoms with Gasteiger partial charge >= 0.3 is 0 Å². The standard InChI is InChI=1S/C18H29NOS/c1-5-11-19-18-16-10-8-7-9-15(16)13(3)12-17(18)21(20)14(4)6-2/h7-10,13-14,17-19H,5-6,11-12H2,1-4H3. The van der Waals surface area contributed by atoms with Crippen molar-refractivity contribution in [3.05, 3.63) is 35.4 Å². The number of nitrogens with one attached hydrogen (secondary N) is 1. The molecule has 2 nitrogen and oxygen atoms in total. The quantitative estimate of drug-likeness (QED) is 0.855. The van der Waals surface area contributed by atoms with Gasteiger partial charge in [-0.15, -0.1) is 0 Å². The van der Waals surface area contributed by atoms with Crippen molar-refractivity contribution in [2.24, 2.45) is 0 Å². The van der Waals surface area contributed by atoms with E-state index < -0.39 is 10.8 Å². The predicted octanol–water partition coefficient (Wildman–Crippen LogP) is 4.15. The molecule has 0 saturated heterocycles. The second-order valence-electron chi connectivity index (χ2n) is 6.28. The Hall–Kier alpha value is -0.670. The molecule has 5 atom stereocenters. The first kappa shape index (κ1) is 16.7. The third-order valence-electron chi connectivity index (χ3n) is 4.70. The van der Waals surface area contributed by atoms with E-state index in [9.17, 15) is 4.21 Å². The van der Waals surface area contributed by atoms with Gasteiger partial charge in [-0.25, -0.2) is 0 Å². The molecule has 0 spiro atoms. The molecule has 118 valence electrons. The Balaban J connectivity index is 2.34. The molecular weight excluding hydrogens is 278 g/mol. The summed E-state index contributed by atoms with van der Waals surface area (Å²) in [5, 5.41) is 4.17. The van der Waals surface area contributed by atoms with E-state index in [-0.39, 0.29) is 16.5 Å². The molecule has 3 heteroatoms. The maximum absolute atomic E-state index is 12.9. The zero-order chi connectivity index (χ0) is 15.4. The maximum Gasteiger partial charge on any atom is 0.0551 e. The van der Waals surface area contributed by atoms with Crippen molar-refractivity contribution in [2.75, 3.05) is 6.54 Å². The van der Waals surface area contributed by atoms with Gasteiger partial charge in [-0.1, -0.05) is 52.0 Å². The van der Waals surface area contributed by atoms with Crippen LogP contribution in [0.3, 0.4) is 0 Å². The lowest BCUT2D eigenvalue weighted by Crippen LogP contribution is -2.42. The van der Waals surface area contributed by atoms with Gasteiger partial charge in [-0.3, -0.25) is 4.21 Å². The molecule has 0 radical (unpaired) electrons. The fourth-order valence-corrected chi connectivity index (χ4v) is 5.20. The van der Waals surface area contributed by atoms with Crippen LogP contribution < -0.4 is 5.32 Å². The molecule has 1 aliphatic carbocycles. The highest BCUT2D eigenvalue weighted by Gasteiger charge is 2.37. The van der Waals surface area contributed by atoms with E-state index in [0.29, 0.717) is 5.92 Å². The summed E-state index contributed by atoms with van der Waals surface area (Å²) in [6, 6.07) is 8.94. The zero-order valence-corrected chi connectivity index (χ0v) is 14.6. The van der Waals surface area contributed by atoms with Crippen molar-refractivity contribution < 1.29 is 4.21 Å². The molecule has 1 N–H and O–H groups in total. The highest BCUT2D eigenvalue weighted by atomic mass is 32.2. The van der Waals surface area contributed by atoms with Crippen LogP contribution in [0.4, 0.5) is 0 Å². The first-order valence-electron chi connectivity index (χ1n) is 8.31. The summed E-state index contributed by atoms with van der Waals surface area (Å²) in [6.45, 7) is 9.71. The number of hydrogen-bond donors (Lipinski definition) is 1. The fraction of sp³-hybridized carbons (Fsp3) is 0.667. The molecule has 0 saturated carbocycles. The second-order valence-corrected chi connectivity index (χ2v) is 8.35. The monoisotopic (exact) mass is 307 g/mol. The lowest BCUT2D eigenvalue weighted by molar-refractivity contribution is 0.435. The first-order valence-corrected chi connectivity index (χ1v) is 9.59. The Bertz CT molecular complexity index is 488. The highest BCUT2D eigenvalue weighted by Crippen LogP contribution is 2.40. The van der Waals surface area contributed by atoms with E-state index in [2.05, 4.69) is 57.3 Å². The Labute approximate surface area is 132 Å². The van der Waals surface area contributed by atoms with Crippen molar-refractivity contribution in [1.82, 2.24) is 5.32 Å². The minimum absolute atomic E-state index is 0.233. The molecule has 1 aromatic carbocycles. The number of hydrogen-bond acceptors (Lipinski definition) is 2. The van der Waals surface area contributed by atoms with Gasteiger partial charge in [0.25, 0.3) is 0 Å². The van der Waals surface area contributed by atoms with E-state index in [4.69, 9.17) is 0 Å². The summed E-state index contributed by atoms with van der Waals surface area (Å²) >= 11 is 0. The van der Waals surface area contributed by atoms with Crippen LogP contribution in [0.25, 0.3) is 0 Å². The molecule has 2 rings (SSSR count). The van der Waals surface area contributed by atoms with E-state index >= 15 is 0 Å². The van der Waals surface area contributed by atoms with Crippen LogP contribution in [0, 0.1) is 0 Å². The molecule has 0 aliphatic heterocycles. The van der Waals surface area contributed by atoms with Crippen molar-refractivity contribution >= 4 is 10.8 Å². The topological polar surface area (TPSA) is 29.1 Å². The van der Waals surface area contributed by atoms with Crippen LogP contribution in [-0.2, 0) is 10.8 Å². The molecule has 0 heterocycles. The molecule has 21 heavy (non-hydrogen) atoms. The van der Waals surface area contributed by atoms with E-state index in [1.54, 1.807) is 0 Å². The Morgan fingerprint density at radius 2 is 1.95 bits per heavy atom. The Kier molecular flexibility index (Phi) is 6.00. The molecule has 5 unspecified atom stereocenters. The van der Waals surface area contributed by atoms with E-state index in [1.807, 2.05) is 0 Å². The van der Waals surface area contributed by atoms with Gasteiger partial charge in [0.2, 0.25) is 0 Å². The van der Waals surface area contributed by atoms with Gasteiger partial charge in [0.1, 0.15) is 0 Å². The lowest BCUT2D eigenvalue weighted by Gasteiger charge is -2.38. The normalized spacial score (nSPS) is 27.9. The highest BCUT2D eigenvalue weighted by molar-refractivity contribution is 7.86. The summed E-state index contributed by atoms with van der Waals surface area (Å²) in [6.07, 6.45) is 3.12. The number of benzene rings is 1. The summed E-state index contributed by atoms with van der Waals surface area (Å²) in [4.78, 5) is 0. The van der Waals surface area contributed by atoms with Gasteiger partial charge in [0.15, 0.2) is 0 Å². The van der Waals surface area contributed by atoms with E-state index in [1.165, 1.54) is 11.1 Å². The maximum atomic E-state index is 12.9. The summed E-state index contributed by atoms with van der Waals surface area (Å²) in [5.41, 5.74) is 2.80. The SMILES string of the molecule is CCCNC1c2ccccc2C(C)CC1S(=O)C(C)CC. The Morgan fingerprint density at radius 1 is 1.29 bits per heavy atom. The molecule has 1 aromatic rings. The second kappa shape index (κ2) is 7.55. The predicted molar refractivity (Wildman–Crippen MR) is 92.2 cm³/mol. The molecular formula is C18H29NOS. The summed E-state index contributed by atoms with van der Waals surface area (Å²) < 4.78 is 12.9. The van der Waals surface area contributed by atoms with Crippen LogP contribution in [0.1, 0.15) is 70.0 Å². The average Bonchev–Trinajstić information content (AvgIpc) is 2.52. The van der Waals surface area contributed by atoms with Crippen molar-refractivity contribution in [3.8, 4) is 0 Å². The minimum Gasteiger partial charge on any atom is -0.309 e. The third-order valence-corrected chi connectivity index (χ3v) is 6.89. The molecule has 0 fully saturated rings. The Morgan fingerprint density at radius 3 is 2.57 bits per heavy atom. The zero-order valence-electron chi connectivity index (χ0n) is 13.8. The van der Waals surface area contributed by atoms with Crippen molar-refractivity contribution in [2.45, 2.75) is 69.4 Å². The number of rotatable bonds is 6. The van der Waals surface area contributed by atoms with Crippen LogP contribution >= 0.6 is 0 Å². The summed E-state index contributed by atoms with van der Waals surface area (Å²) in [7, 11) is -0.775. The van der Waals surface area contributed by atoms with Crippen molar-refractivity contribution in [1.29, 1.82) is 0 Å². The fourth-order valence-electron chi connectivity index (χ4n) is 3.29. The van der Waals surface area contributed by atoms with E-state index in [0.717, 1.165) is 25.8 Å². The molecule has 0 amide bonds. The van der Waals surface area contributed by atoms with Crippen LogP contribution in [0.15, 0.2) is 24.3 Å². The van der Waals surface area contributed by atoms with Crippen LogP contribution in [-0.4, -0.2) is 21.3 Å². The van der Waals surface area contributed by atoms with Crippen LogP contribution in [0.5, 0.6) is 0 Å². The van der Waals surface area contributed by atoms with Gasteiger partial charge < -0.3 is 5.32 Å². The number of fused-ring (bicyclic) bond motifs is 1. The van der Waals surface area contributed by atoms with Gasteiger partial charge in [0, 0.05) is 22.1 Å². The third kappa shape index (κ3) is 3.57. The lowest BCUT2D eigenvalue weighted by atomic mass is 9.80. The molecule has 1 aliphatic rings. The van der Waals surface area contributed by atoms with Crippen LogP contribution in [0.2, 0.25) is 0 Å². The average molecular weight is 308 g/mol.